The van der Waals surface area contributed by atoms with Gasteiger partial charge in [-0.2, -0.15) is 0 Å². The van der Waals surface area contributed by atoms with E-state index in [9.17, 15) is 15.3 Å². The zero-order chi connectivity index (χ0) is 16.9. The van der Waals surface area contributed by atoms with Crippen molar-refractivity contribution in [3.63, 3.8) is 0 Å². The lowest BCUT2D eigenvalue weighted by Gasteiger charge is -2.38. The summed E-state index contributed by atoms with van der Waals surface area (Å²) in [6, 6.07) is 14.3. The van der Waals surface area contributed by atoms with Crippen LogP contribution < -0.4 is 0 Å². The van der Waals surface area contributed by atoms with Gasteiger partial charge in [0.1, 0.15) is 11.5 Å². The summed E-state index contributed by atoms with van der Waals surface area (Å²) in [5.41, 5.74) is 1.87. The Balaban J connectivity index is 1.68. The van der Waals surface area contributed by atoms with E-state index in [2.05, 4.69) is 4.90 Å². The van der Waals surface area contributed by atoms with Gasteiger partial charge in [0.05, 0.1) is 6.10 Å². The van der Waals surface area contributed by atoms with Crippen LogP contribution >= 0.6 is 0 Å². The molecule has 4 nitrogen and oxygen atoms in total. The summed E-state index contributed by atoms with van der Waals surface area (Å²) < 4.78 is 0. The minimum Gasteiger partial charge on any atom is -0.508 e. The van der Waals surface area contributed by atoms with Crippen LogP contribution in [0.4, 0.5) is 0 Å². The molecule has 0 radical (unpaired) electrons. The van der Waals surface area contributed by atoms with Crippen molar-refractivity contribution in [3.05, 3.63) is 59.7 Å². The van der Waals surface area contributed by atoms with E-state index < -0.39 is 6.10 Å². The summed E-state index contributed by atoms with van der Waals surface area (Å²) in [4.78, 5) is 2.34. The molecule has 1 saturated heterocycles. The van der Waals surface area contributed by atoms with E-state index in [0.717, 1.165) is 49.9 Å². The van der Waals surface area contributed by atoms with Gasteiger partial charge in [-0.25, -0.2) is 0 Å². The summed E-state index contributed by atoms with van der Waals surface area (Å²) >= 11 is 0. The average Bonchev–Trinajstić information content (AvgIpc) is 2.60. The van der Waals surface area contributed by atoms with Crippen molar-refractivity contribution in [2.75, 3.05) is 13.1 Å². The zero-order valence-electron chi connectivity index (χ0n) is 13.8. The molecular weight excluding hydrogens is 302 g/mol. The Hall–Kier alpha value is -2.04. The highest BCUT2D eigenvalue weighted by Gasteiger charge is 2.29. The van der Waals surface area contributed by atoms with Crippen LogP contribution in [-0.4, -0.2) is 39.4 Å². The van der Waals surface area contributed by atoms with Crippen LogP contribution in [-0.2, 0) is 6.42 Å². The molecule has 0 aromatic heterocycles. The summed E-state index contributed by atoms with van der Waals surface area (Å²) in [6.45, 7) is 1.82. The average molecular weight is 327 g/mol. The predicted octanol–water partition coefficient (Wildman–Crippen LogP) is 3.23. The molecule has 0 aliphatic carbocycles. The molecule has 1 heterocycles. The van der Waals surface area contributed by atoms with E-state index in [1.165, 1.54) is 0 Å². The lowest BCUT2D eigenvalue weighted by Crippen LogP contribution is -2.44. The molecule has 0 saturated carbocycles. The topological polar surface area (TPSA) is 63.9 Å². The lowest BCUT2D eigenvalue weighted by molar-refractivity contribution is 0.0254. The lowest BCUT2D eigenvalue weighted by atomic mass is 9.92. The van der Waals surface area contributed by atoms with Crippen LogP contribution in [0, 0.1) is 0 Å². The van der Waals surface area contributed by atoms with Crippen LogP contribution in [0.2, 0.25) is 0 Å². The Labute approximate surface area is 143 Å². The number of phenolic OH excluding ortho intramolecular Hbond substituents is 2. The Morgan fingerprint density at radius 1 is 1.00 bits per heavy atom. The van der Waals surface area contributed by atoms with E-state index in [1.54, 1.807) is 30.3 Å². The fourth-order valence-corrected chi connectivity index (χ4v) is 3.57. The monoisotopic (exact) mass is 327 g/mol. The fraction of sp³-hybridized carbons (Fsp3) is 0.400. The summed E-state index contributed by atoms with van der Waals surface area (Å²) in [5.74, 6) is 0.483. The van der Waals surface area contributed by atoms with Gasteiger partial charge in [-0.05, 0) is 61.2 Å². The van der Waals surface area contributed by atoms with E-state index in [4.69, 9.17) is 0 Å². The van der Waals surface area contributed by atoms with Crippen LogP contribution in [0.1, 0.15) is 36.5 Å². The predicted molar refractivity (Wildman–Crippen MR) is 94.1 cm³/mol. The molecule has 2 atom stereocenters. The first-order chi connectivity index (χ1) is 11.6. The minimum atomic E-state index is -0.596. The number of aromatic hydroxyl groups is 2. The van der Waals surface area contributed by atoms with Gasteiger partial charge < -0.3 is 15.3 Å². The third kappa shape index (κ3) is 4.08. The second-order valence-corrected chi connectivity index (χ2v) is 6.56. The van der Waals surface area contributed by atoms with Crippen molar-refractivity contribution < 1.29 is 15.3 Å². The Morgan fingerprint density at radius 2 is 1.75 bits per heavy atom. The first-order valence-corrected chi connectivity index (χ1v) is 8.62. The van der Waals surface area contributed by atoms with Crippen LogP contribution in [0.15, 0.2) is 48.5 Å². The fourth-order valence-electron chi connectivity index (χ4n) is 3.57. The van der Waals surface area contributed by atoms with Crippen molar-refractivity contribution in [1.82, 2.24) is 4.90 Å². The second-order valence-electron chi connectivity index (χ2n) is 6.56. The normalized spacial score (nSPS) is 20.0. The van der Waals surface area contributed by atoms with Crippen molar-refractivity contribution in [3.8, 4) is 11.5 Å². The molecule has 0 spiro atoms. The first kappa shape index (κ1) is 16.8. The smallest absolute Gasteiger partial charge is 0.115 e. The number of nitrogens with zero attached hydrogens (tertiary/aromatic N) is 1. The van der Waals surface area contributed by atoms with Gasteiger partial charge >= 0.3 is 0 Å². The van der Waals surface area contributed by atoms with Crippen molar-refractivity contribution in [2.45, 2.75) is 37.8 Å². The number of aliphatic hydroxyl groups is 1. The van der Waals surface area contributed by atoms with Crippen LogP contribution in [0.5, 0.6) is 11.5 Å². The number of hydrogen-bond donors (Lipinski definition) is 3. The summed E-state index contributed by atoms with van der Waals surface area (Å²) in [7, 11) is 0. The van der Waals surface area contributed by atoms with E-state index >= 15 is 0 Å². The van der Waals surface area contributed by atoms with E-state index in [1.807, 2.05) is 18.2 Å². The molecule has 0 bridgehead atoms. The number of hydrogen-bond acceptors (Lipinski definition) is 4. The molecule has 2 unspecified atom stereocenters. The maximum Gasteiger partial charge on any atom is 0.115 e. The van der Waals surface area contributed by atoms with Gasteiger partial charge in [0, 0.05) is 12.6 Å². The Kier molecular flexibility index (Phi) is 5.38. The van der Waals surface area contributed by atoms with Crippen molar-refractivity contribution in [2.24, 2.45) is 0 Å². The van der Waals surface area contributed by atoms with Gasteiger partial charge in [-0.15, -0.1) is 0 Å². The minimum absolute atomic E-state index is 0.0675. The van der Waals surface area contributed by atoms with Gasteiger partial charge in [0.25, 0.3) is 0 Å². The van der Waals surface area contributed by atoms with Gasteiger partial charge in [-0.1, -0.05) is 30.7 Å². The summed E-state index contributed by atoms with van der Waals surface area (Å²) in [5, 5.41) is 30.0. The van der Waals surface area contributed by atoms with Crippen molar-refractivity contribution >= 4 is 0 Å². The maximum atomic E-state index is 10.8. The number of phenols is 2. The molecule has 1 aliphatic rings. The molecule has 0 amide bonds. The van der Waals surface area contributed by atoms with Gasteiger partial charge in [-0.3, -0.25) is 4.90 Å². The van der Waals surface area contributed by atoms with Gasteiger partial charge in [0.15, 0.2) is 0 Å². The standard InChI is InChI=1S/C20H25NO3/c22-17-7-3-5-15(13-17)10-12-21-11-2-1-9-19(21)20(24)16-6-4-8-18(23)14-16/h3-8,13-14,19-20,22-24H,1-2,9-12H2. The Morgan fingerprint density at radius 3 is 2.50 bits per heavy atom. The van der Waals surface area contributed by atoms with Crippen LogP contribution in [0.3, 0.4) is 0 Å². The highest BCUT2D eigenvalue weighted by atomic mass is 16.3. The van der Waals surface area contributed by atoms with Gasteiger partial charge in [0.2, 0.25) is 0 Å². The number of benzene rings is 2. The highest BCUT2D eigenvalue weighted by molar-refractivity contribution is 5.30. The largest absolute Gasteiger partial charge is 0.508 e. The Bertz CT molecular complexity index is 673. The number of likely N-dealkylation sites (tertiary alicyclic amines) is 1. The van der Waals surface area contributed by atoms with Crippen LogP contribution in [0.25, 0.3) is 0 Å². The number of rotatable bonds is 5. The third-order valence-corrected chi connectivity index (χ3v) is 4.84. The molecule has 24 heavy (non-hydrogen) atoms. The zero-order valence-corrected chi connectivity index (χ0v) is 13.8. The number of aliphatic hydroxyl groups excluding tert-OH is 1. The van der Waals surface area contributed by atoms with E-state index in [0.29, 0.717) is 5.75 Å². The molecule has 4 heteroatoms. The van der Waals surface area contributed by atoms with E-state index in [-0.39, 0.29) is 11.8 Å². The van der Waals surface area contributed by atoms with Crippen molar-refractivity contribution in [1.29, 1.82) is 0 Å². The molecule has 2 aromatic carbocycles. The highest BCUT2D eigenvalue weighted by Crippen LogP contribution is 2.30. The molecule has 1 aliphatic heterocycles. The quantitative estimate of drug-likeness (QED) is 0.789. The third-order valence-electron chi connectivity index (χ3n) is 4.84. The first-order valence-electron chi connectivity index (χ1n) is 8.62. The maximum absolute atomic E-state index is 10.8. The second kappa shape index (κ2) is 7.69. The molecule has 1 fully saturated rings. The molecule has 128 valence electrons. The summed E-state index contributed by atoms with van der Waals surface area (Å²) in [6.07, 6.45) is 3.46. The molecule has 2 aromatic rings. The molecule has 3 N–H and O–H groups in total. The molecule has 3 rings (SSSR count). The molecular formula is C20H25NO3. The number of piperidine rings is 1. The SMILES string of the molecule is Oc1cccc(CCN2CCCCC2C(O)c2cccc(O)c2)c1.